The Labute approximate surface area is 105 Å². The first-order valence-electron chi connectivity index (χ1n) is 7.31. The lowest BCUT2D eigenvalue weighted by Crippen LogP contribution is -2.41. The topological polar surface area (TPSA) is 55.1 Å². The fraction of sp³-hybridized carbons (Fsp3) is 0.929. The largest absolute Gasteiger partial charge is 0.353 e. The number of nitrogens with two attached hydrogens (primary N) is 1. The second-order valence-electron chi connectivity index (χ2n) is 5.81. The molecule has 2 aliphatic rings. The SMILES string of the molecule is NC1CCC(C(=O)NC2CCCCCC2)CC1. The van der Waals surface area contributed by atoms with E-state index in [0.717, 1.165) is 25.7 Å². The maximum Gasteiger partial charge on any atom is 0.223 e. The Morgan fingerprint density at radius 2 is 1.47 bits per heavy atom. The molecule has 0 aromatic heterocycles. The standard InChI is InChI=1S/C14H26N2O/c15-12-9-7-11(8-10-12)14(17)16-13-5-3-1-2-4-6-13/h11-13H,1-10,15H2,(H,16,17). The van der Waals surface area contributed by atoms with Gasteiger partial charge >= 0.3 is 0 Å². The van der Waals surface area contributed by atoms with Crippen molar-refractivity contribution >= 4 is 5.91 Å². The lowest BCUT2D eigenvalue weighted by molar-refractivity contribution is -0.126. The highest BCUT2D eigenvalue weighted by atomic mass is 16.1. The summed E-state index contributed by atoms with van der Waals surface area (Å²) in [6.07, 6.45) is 11.6. The predicted molar refractivity (Wildman–Crippen MR) is 69.6 cm³/mol. The average Bonchev–Trinajstić information content (AvgIpc) is 2.58. The van der Waals surface area contributed by atoms with E-state index >= 15 is 0 Å². The third-order valence-corrected chi connectivity index (χ3v) is 4.34. The molecule has 0 unspecified atom stereocenters. The molecular formula is C14H26N2O. The van der Waals surface area contributed by atoms with Crippen molar-refractivity contribution in [3.05, 3.63) is 0 Å². The highest BCUT2D eigenvalue weighted by molar-refractivity contribution is 5.79. The van der Waals surface area contributed by atoms with Gasteiger partial charge in [0.05, 0.1) is 0 Å². The van der Waals surface area contributed by atoms with Gasteiger partial charge in [0.15, 0.2) is 0 Å². The van der Waals surface area contributed by atoms with Crippen LogP contribution in [-0.4, -0.2) is 18.0 Å². The molecule has 0 bridgehead atoms. The monoisotopic (exact) mass is 238 g/mol. The Morgan fingerprint density at radius 3 is 2.06 bits per heavy atom. The molecule has 0 spiro atoms. The highest BCUT2D eigenvalue weighted by Gasteiger charge is 2.26. The Bertz CT molecular complexity index is 239. The van der Waals surface area contributed by atoms with Crippen molar-refractivity contribution in [3.8, 4) is 0 Å². The molecule has 2 rings (SSSR count). The summed E-state index contributed by atoms with van der Waals surface area (Å²) in [5.74, 6) is 0.529. The predicted octanol–water partition coefficient (Wildman–Crippen LogP) is 2.34. The molecule has 3 heteroatoms. The van der Waals surface area contributed by atoms with Crippen molar-refractivity contribution in [1.29, 1.82) is 0 Å². The van der Waals surface area contributed by atoms with E-state index in [9.17, 15) is 4.79 Å². The van der Waals surface area contributed by atoms with Crippen LogP contribution in [0.3, 0.4) is 0 Å². The van der Waals surface area contributed by atoms with Gasteiger partial charge in [-0.2, -0.15) is 0 Å². The number of hydrogen-bond donors (Lipinski definition) is 2. The molecule has 2 aliphatic carbocycles. The van der Waals surface area contributed by atoms with E-state index < -0.39 is 0 Å². The zero-order chi connectivity index (χ0) is 12.1. The first-order chi connectivity index (χ1) is 8.25. The Balaban J connectivity index is 1.75. The summed E-state index contributed by atoms with van der Waals surface area (Å²) in [6.45, 7) is 0. The fourth-order valence-electron chi connectivity index (χ4n) is 3.12. The van der Waals surface area contributed by atoms with Crippen molar-refractivity contribution in [1.82, 2.24) is 5.32 Å². The first-order valence-corrected chi connectivity index (χ1v) is 7.31. The molecule has 3 nitrogen and oxygen atoms in total. The quantitative estimate of drug-likeness (QED) is 0.726. The third kappa shape index (κ3) is 3.98. The maximum atomic E-state index is 12.1. The summed E-state index contributed by atoms with van der Waals surface area (Å²) in [6, 6.07) is 0.775. The molecule has 3 N–H and O–H groups in total. The number of rotatable bonds is 2. The fourth-order valence-corrected chi connectivity index (χ4v) is 3.12. The van der Waals surface area contributed by atoms with E-state index in [2.05, 4.69) is 5.32 Å². The van der Waals surface area contributed by atoms with E-state index in [-0.39, 0.29) is 5.92 Å². The van der Waals surface area contributed by atoms with Crippen LogP contribution >= 0.6 is 0 Å². The maximum absolute atomic E-state index is 12.1. The zero-order valence-corrected chi connectivity index (χ0v) is 10.8. The van der Waals surface area contributed by atoms with Gasteiger partial charge in [0, 0.05) is 18.0 Å². The normalized spacial score (nSPS) is 31.8. The minimum atomic E-state index is 0.234. The molecular weight excluding hydrogens is 212 g/mol. The average molecular weight is 238 g/mol. The Hall–Kier alpha value is -0.570. The van der Waals surface area contributed by atoms with Crippen LogP contribution in [0.25, 0.3) is 0 Å². The molecule has 98 valence electrons. The van der Waals surface area contributed by atoms with E-state index in [4.69, 9.17) is 5.73 Å². The number of carbonyl (C=O) groups excluding carboxylic acids is 1. The van der Waals surface area contributed by atoms with Gasteiger partial charge < -0.3 is 11.1 Å². The molecule has 2 saturated carbocycles. The van der Waals surface area contributed by atoms with Gasteiger partial charge in [0.2, 0.25) is 5.91 Å². The first kappa shape index (κ1) is 12.9. The minimum absolute atomic E-state index is 0.234. The van der Waals surface area contributed by atoms with Crippen molar-refractivity contribution < 1.29 is 4.79 Å². The van der Waals surface area contributed by atoms with Gasteiger partial charge in [0.1, 0.15) is 0 Å². The highest BCUT2D eigenvalue weighted by Crippen LogP contribution is 2.24. The Kier molecular flexibility index (Phi) is 4.84. The number of hydrogen-bond acceptors (Lipinski definition) is 2. The van der Waals surface area contributed by atoms with Gasteiger partial charge in [-0.3, -0.25) is 4.79 Å². The summed E-state index contributed by atoms with van der Waals surface area (Å²) in [7, 11) is 0. The van der Waals surface area contributed by atoms with Crippen LogP contribution in [0.1, 0.15) is 64.2 Å². The van der Waals surface area contributed by atoms with Crippen molar-refractivity contribution in [2.24, 2.45) is 11.7 Å². The summed E-state index contributed by atoms with van der Waals surface area (Å²) in [4.78, 5) is 12.1. The van der Waals surface area contributed by atoms with Gasteiger partial charge in [-0.05, 0) is 38.5 Å². The van der Waals surface area contributed by atoms with Crippen LogP contribution in [0.5, 0.6) is 0 Å². The molecule has 1 amide bonds. The molecule has 0 aliphatic heterocycles. The lowest BCUT2D eigenvalue weighted by Gasteiger charge is -2.27. The van der Waals surface area contributed by atoms with Crippen molar-refractivity contribution in [2.45, 2.75) is 76.3 Å². The molecule has 0 atom stereocenters. The van der Waals surface area contributed by atoms with Crippen LogP contribution in [0.15, 0.2) is 0 Å². The van der Waals surface area contributed by atoms with Crippen LogP contribution in [0.2, 0.25) is 0 Å². The third-order valence-electron chi connectivity index (χ3n) is 4.34. The molecule has 0 aromatic carbocycles. The zero-order valence-electron chi connectivity index (χ0n) is 10.8. The number of carbonyl (C=O) groups is 1. The van der Waals surface area contributed by atoms with Gasteiger partial charge in [0.25, 0.3) is 0 Å². The van der Waals surface area contributed by atoms with Gasteiger partial charge in [-0.1, -0.05) is 25.7 Å². The van der Waals surface area contributed by atoms with E-state index in [1.54, 1.807) is 0 Å². The Morgan fingerprint density at radius 1 is 0.882 bits per heavy atom. The van der Waals surface area contributed by atoms with E-state index in [0.29, 0.717) is 18.0 Å². The van der Waals surface area contributed by atoms with Crippen molar-refractivity contribution in [3.63, 3.8) is 0 Å². The summed E-state index contributed by atoms with van der Waals surface area (Å²) < 4.78 is 0. The second kappa shape index (κ2) is 6.39. The molecule has 0 heterocycles. The van der Waals surface area contributed by atoms with Crippen LogP contribution in [0, 0.1) is 5.92 Å². The number of amides is 1. The van der Waals surface area contributed by atoms with Gasteiger partial charge in [-0.15, -0.1) is 0 Å². The van der Waals surface area contributed by atoms with E-state index in [1.807, 2.05) is 0 Å². The van der Waals surface area contributed by atoms with E-state index in [1.165, 1.54) is 38.5 Å². The summed E-state index contributed by atoms with van der Waals surface area (Å²) in [5.41, 5.74) is 5.87. The van der Waals surface area contributed by atoms with Gasteiger partial charge in [-0.25, -0.2) is 0 Å². The molecule has 0 aromatic rings. The molecule has 0 saturated heterocycles. The summed E-state index contributed by atoms with van der Waals surface area (Å²) >= 11 is 0. The molecule has 2 fully saturated rings. The van der Waals surface area contributed by atoms with Crippen LogP contribution in [0.4, 0.5) is 0 Å². The van der Waals surface area contributed by atoms with Crippen LogP contribution < -0.4 is 11.1 Å². The molecule has 0 radical (unpaired) electrons. The lowest BCUT2D eigenvalue weighted by atomic mass is 9.85. The van der Waals surface area contributed by atoms with Crippen LogP contribution in [-0.2, 0) is 4.79 Å². The number of nitrogens with one attached hydrogen (secondary N) is 1. The second-order valence-corrected chi connectivity index (χ2v) is 5.81. The summed E-state index contributed by atoms with van der Waals surface area (Å²) in [5, 5.41) is 3.26. The van der Waals surface area contributed by atoms with Crippen molar-refractivity contribution in [2.75, 3.05) is 0 Å². The minimum Gasteiger partial charge on any atom is -0.353 e. The molecule has 17 heavy (non-hydrogen) atoms. The smallest absolute Gasteiger partial charge is 0.223 e.